The molecule has 9 unspecified atom stereocenters. The first-order valence-electron chi connectivity index (χ1n) is 12.9. The number of hydrogen-bond donors (Lipinski definition) is 6. The van der Waals surface area contributed by atoms with E-state index < -0.39 is 83.5 Å². The van der Waals surface area contributed by atoms with Crippen molar-refractivity contribution in [2.75, 3.05) is 24.7 Å². The van der Waals surface area contributed by atoms with Crippen LogP contribution in [0.5, 0.6) is 0 Å². The summed E-state index contributed by atoms with van der Waals surface area (Å²) in [5.41, 5.74) is 10.7. The molecule has 23 nitrogen and oxygen atoms in total. The highest BCUT2D eigenvalue weighted by atomic mass is 31.2. The monoisotopic (exact) mass is 673 g/mol. The van der Waals surface area contributed by atoms with Crippen molar-refractivity contribution in [3.8, 4) is 0 Å². The Labute approximate surface area is 248 Å². The maximum atomic E-state index is 13.2. The van der Waals surface area contributed by atoms with Crippen LogP contribution in [0.2, 0.25) is 0 Å². The van der Waals surface area contributed by atoms with Crippen LogP contribution in [0.4, 0.5) is 11.8 Å². The van der Waals surface area contributed by atoms with Gasteiger partial charge < -0.3 is 50.0 Å². The lowest BCUT2D eigenvalue weighted by atomic mass is 10.1. The van der Waals surface area contributed by atoms with Gasteiger partial charge in [0.25, 0.3) is 13.4 Å². The number of aromatic nitrogens is 8. The third-order valence-corrected chi connectivity index (χ3v) is 9.26. The molecule has 0 aromatic carbocycles. The largest absolute Gasteiger partial charge is 0.756 e. The molecule has 0 saturated carbocycles. The number of nitrogens with two attached hydrogens (primary N) is 2. The highest BCUT2D eigenvalue weighted by Crippen LogP contribution is 2.52. The van der Waals surface area contributed by atoms with Crippen LogP contribution in [0.15, 0.2) is 23.8 Å². The average molecular weight is 673 g/mol. The van der Waals surface area contributed by atoms with Crippen LogP contribution in [0.1, 0.15) is 12.5 Å². The van der Waals surface area contributed by atoms with E-state index in [2.05, 4.69) is 29.9 Å². The number of H-pyrrole nitrogens is 1. The highest BCUT2D eigenvalue weighted by molar-refractivity contribution is 7.47. The molecule has 8 N–H and O–H groups in total. The minimum atomic E-state index is -5.31. The summed E-state index contributed by atoms with van der Waals surface area (Å²) in [5.74, 6) is -0.268. The Hall–Kier alpha value is -3.44. The molecule has 7 heterocycles. The summed E-state index contributed by atoms with van der Waals surface area (Å²) in [6, 6.07) is 0. The minimum Gasteiger partial charge on any atom is -0.756 e. The van der Waals surface area contributed by atoms with Crippen molar-refractivity contribution in [1.82, 2.24) is 39.0 Å². The highest BCUT2D eigenvalue weighted by Gasteiger charge is 2.53. The van der Waals surface area contributed by atoms with Crippen LogP contribution in [0, 0.1) is 0 Å². The number of fused-ring (bicyclic) bond motifs is 5. The molecule has 10 atom stereocenters. The van der Waals surface area contributed by atoms with Crippen LogP contribution < -0.4 is 21.9 Å². The van der Waals surface area contributed by atoms with E-state index in [0.717, 1.165) is 17.2 Å². The van der Waals surface area contributed by atoms with Crippen LogP contribution in [-0.2, 0) is 36.7 Å². The molecule has 0 aliphatic carbocycles. The molecular formula is C20H23N10O13P2-. The molecule has 3 aliphatic rings. The number of rotatable bonds is 2. The zero-order valence-corrected chi connectivity index (χ0v) is 24.2. The Morgan fingerprint density at radius 3 is 2.36 bits per heavy atom. The summed E-state index contributed by atoms with van der Waals surface area (Å²) in [7, 11) is -10.4. The Morgan fingerprint density at radius 1 is 0.889 bits per heavy atom. The summed E-state index contributed by atoms with van der Waals surface area (Å²) in [6.07, 6.45) is -9.53. The van der Waals surface area contributed by atoms with Gasteiger partial charge in [0.15, 0.2) is 35.1 Å². The van der Waals surface area contributed by atoms with Crippen LogP contribution >= 0.6 is 15.6 Å². The molecule has 4 aromatic rings. The smallest absolute Gasteiger partial charge is 0.472 e. The van der Waals surface area contributed by atoms with Crippen molar-refractivity contribution in [2.45, 2.75) is 49.1 Å². The van der Waals surface area contributed by atoms with E-state index in [-0.39, 0.29) is 34.1 Å². The molecule has 25 heteroatoms. The van der Waals surface area contributed by atoms with Crippen LogP contribution in [0.25, 0.3) is 22.3 Å². The van der Waals surface area contributed by atoms with Gasteiger partial charge in [0.2, 0.25) is 5.95 Å². The molecule has 2 bridgehead atoms. The molecule has 0 amide bonds. The van der Waals surface area contributed by atoms with E-state index in [0.29, 0.717) is 0 Å². The van der Waals surface area contributed by atoms with Crippen molar-refractivity contribution >= 4 is 49.7 Å². The quantitative estimate of drug-likeness (QED) is 0.116. The number of nitrogens with one attached hydrogen (secondary N) is 1. The first-order chi connectivity index (χ1) is 21.3. The number of imidazole rings is 2. The van der Waals surface area contributed by atoms with Crippen molar-refractivity contribution in [1.29, 1.82) is 0 Å². The van der Waals surface area contributed by atoms with Gasteiger partial charge in [0, 0.05) is 0 Å². The fraction of sp³-hybridized carbons (Fsp3) is 0.500. The maximum absolute atomic E-state index is 13.2. The second-order valence-electron chi connectivity index (χ2n) is 10.1. The molecule has 45 heavy (non-hydrogen) atoms. The van der Waals surface area contributed by atoms with Crippen molar-refractivity contribution in [3.63, 3.8) is 0 Å². The molecule has 3 fully saturated rings. The van der Waals surface area contributed by atoms with Crippen molar-refractivity contribution in [2.24, 2.45) is 0 Å². The number of nitrogens with zero attached hydrogens (tertiary/aromatic N) is 7. The van der Waals surface area contributed by atoms with Crippen LogP contribution in [-0.4, -0.2) is 104 Å². The summed E-state index contributed by atoms with van der Waals surface area (Å²) in [4.78, 5) is 58.1. The Bertz CT molecular complexity index is 1940. The van der Waals surface area contributed by atoms with E-state index >= 15 is 0 Å². The maximum Gasteiger partial charge on any atom is 0.472 e. The Kier molecular flexibility index (Phi) is 7.27. The normalized spacial score (nSPS) is 37.7. The lowest BCUT2D eigenvalue weighted by molar-refractivity contribution is -0.236. The van der Waals surface area contributed by atoms with Gasteiger partial charge >= 0.3 is 7.82 Å². The van der Waals surface area contributed by atoms with Gasteiger partial charge in [-0.2, -0.15) is 4.98 Å². The third kappa shape index (κ3) is 5.31. The number of hydrogen-bond acceptors (Lipinski definition) is 19. The van der Waals surface area contributed by atoms with Gasteiger partial charge in [-0.1, -0.05) is 0 Å². The summed E-state index contributed by atoms with van der Waals surface area (Å²) >= 11 is 0. The molecule has 3 aliphatic heterocycles. The molecule has 3 saturated heterocycles. The first-order valence-corrected chi connectivity index (χ1v) is 15.9. The molecule has 0 spiro atoms. The Balaban J connectivity index is 1.21. The van der Waals surface area contributed by atoms with E-state index in [9.17, 15) is 33.9 Å². The molecule has 242 valence electrons. The first kappa shape index (κ1) is 30.2. The predicted molar refractivity (Wildman–Crippen MR) is 141 cm³/mol. The standard InChI is InChI=1S/C20H24N10O13P2/c21-14-8-15(24-3-23-14)29(4-25-8)18-11(32)12-7(41-18)2-39-45(36,37)43-13-10(31)6(1-38-44(34,35)42-12)40-19(13)30-5-26-9-16(30)27-20(22)28-17(9)33/h3-7,10-13,18-19,31-32H,1-2H2,(H,34,35)(H,36,37)(H2,21,23,24)(H3,22,27,28,33)/p-1/t6?,7?,10?,11?,12?,13-,18?,19?/m1/s1. The van der Waals surface area contributed by atoms with Gasteiger partial charge in [0.05, 0.1) is 25.9 Å². The number of aromatic amines is 1. The zero-order valence-electron chi connectivity index (χ0n) is 22.4. The number of anilines is 2. The lowest BCUT2D eigenvalue weighted by Gasteiger charge is -2.30. The van der Waals surface area contributed by atoms with E-state index in [1.165, 1.54) is 10.9 Å². The van der Waals surface area contributed by atoms with E-state index in [1.807, 2.05) is 0 Å². The fourth-order valence-corrected chi connectivity index (χ4v) is 7.17. The predicted octanol–water partition coefficient (Wildman–Crippen LogP) is -2.97. The van der Waals surface area contributed by atoms with Gasteiger partial charge in [-0.05, 0) is 0 Å². The average Bonchev–Trinajstić information content (AvgIpc) is 3.72. The zero-order chi connectivity index (χ0) is 31.8. The molecule has 4 aromatic heterocycles. The number of aliphatic hydroxyl groups is 2. The number of nitrogen functional groups attached to an aromatic ring is 2. The fourth-order valence-electron chi connectivity index (χ4n) is 5.29. The molecule has 7 rings (SSSR count). The number of phosphoric ester groups is 2. The second kappa shape index (κ2) is 10.8. The molecular weight excluding hydrogens is 650 g/mol. The number of ether oxygens (including phenoxy) is 2. The summed E-state index contributed by atoms with van der Waals surface area (Å²) in [5, 5.41) is 22.1. The van der Waals surface area contributed by atoms with Gasteiger partial charge in [-0.15, -0.1) is 0 Å². The second-order valence-corrected chi connectivity index (χ2v) is 12.9. The van der Waals surface area contributed by atoms with E-state index in [4.69, 9.17) is 39.0 Å². The Morgan fingerprint density at radius 2 is 1.58 bits per heavy atom. The third-order valence-electron chi connectivity index (χ3n) is 7.31. The van der Waals surface area contributed by atoms with Crippen molar-refractivity contribution < 1.29 is 56.7 Å². The van der Waals surface area contributed by atoms with Gasteiger partial charge in [0.1, 0.15) is 48.5 Å². The molecule has 0 radical (unpaired) electrons. The topological polar surface area (TPSA) is 332 Å². The SMILES string of the molecule is Nc1nc2c(ncn2C2OC3COP(=O)([O-])OC4C(COP(=O)(O)O[C@@H]2C3O)OC(n2cnc3c(N)ncnc32)C4O)c(=O)[nH]1. The summed E-state index contributed by atoms with van der Waals surface area (Å²) < 4.78 is 60.6. The number of aliphatic hydroxyl groups excluding tert-OH is 2. The van der Waals surface area contributed by atoms with E-state index in [1.54, 1.807) is 0 Å². The van der Waals surface area contributed by atoms with Crippen molar-refractivity contribution in [3.05, 3.63) is 29.3 Å². The summed E-state index contributed by atoms with van der Waals surface area (Å²) in [6.45, 7) is -1.74. The van der Waals surface area contributed by atoms with Gasteiger partial charge in [-0.3, -0.25) is 32.5 Å². The minimum absolute atomic E-state index is 0.0243. The lowest BCUT2D eigenvalue weighted by Crippen LogP contribution is -2.37. The van der Waals surface area contributed by atoms with Gasteiger partial charge in [-0.25, -0.2) is 24.5 Å². The van der Waals surface area contributed by atoms with Crippen LogP contribution in [0.3, 0.4) is 0 Å². The number of phosphoric acid groups is 2.